The highest BCUT2D eigenvalue weighted by Gasteiger charge is 2.61. The Morgan fingerprint density at radius 2 is 1.82 bits per heavy atom. The number of aliphatic hydroxyl groups is 1. The molecular formula is C31H34O3. The lowest BCUT2D eigenvalue weighted by molar-refractivity contribution is -0.116. The van der Waals surface area contributed by atoms with Crippen LogP contribution in [0.25, 0.3) is 0 Å². The Hall–Kier alpha value is -2.65. The maximum absolute atomic E-state index is 13.0. The van der Waals surface area contributed by atoms with Crippen molar-refractivity contribution in [2.75, 3.05) is 7.11 Å². The Morgan fingerprint density at radius 1 is 1.00 bits per heavy atom. The zero-order valence-corrected chi connectivity index (χ0v) is 20.2. The molecule has 2 fully saturated rings. The minimum absolute atomic E-state index is 0.0585. The van der Waals surface area contributed by atoms with Crippen molar-refractivity contribution in [3.05, 3.63) is 88.5 Å². The Balaban J connectivity index is 1.36. The molecule has 3 heteroatoms. The summed E-state index contributed by atoms with van der Waals surface area (Å²) in [5.74, 6) is 1.99. The summed E-state index contributed by atoms with van der Waals surface area (Å²) in [6.07, 6.45) is 8.73. The average Bonchev–Trinajstić information content (AvgIpc) is 3.15. The molecular weight excluding hydrogens is 420 g/mol. The Labute approximate surface area is 202 Å². The van der Waals surface area contributed by atoms with Crippen LogP contribution in [-0.4, -0.2) is 18.0 Å². The molecule has 0 heterocycles. The van der Waals surface area contributed by atoms with Crippen LogP contribution in [0.2, 0.25) is 0 Å². The third kappa shape index (κ3) is 3.09. The Bertz CT molecular complexity index is 1190. The van der Waals surface area contributed by atoms with E-state index in [0.717, 1.165) is 61.8 Å². The first kappa shape index (κ1) is 21.9. The lowest BCUT2D eigenvalue weighted by atomic mass is 9.54. The number of hydrogen-bond acceptors (Lipinski definition) is 3. The van der Waals surface area contributed by atoms with Gasteiger partial charge in [0.1, 0.15) is 5.75 Å². The third-order valence-corrected chi connectivity index (χ3v) is 9.74. The van der Waals surface area contributed by atoms with Crippen LogP contribution in [-0.2, 0) is 10.4 Å². The number of carbonyl (C=O) groups excluding carboxylic acids is 1. The van der Waals surface area contributed by atoms with Gasteiger partial charge in [0.15, 0.2) is 5.78 Å². The van der Waals surface area contributed by atoms with Gasteiger partial charge < -0.3 is 9.84 Å². The summed E-state index contributed by atoms with van der Waals surface area (Å²) in [6.45, 7) is 2.33. The Kier molecular flexibility index (Phi) is 5.11. The van der Waals surface area contributed by atoms with Gasteiger partial charge >= 0.3 is 0 Å². The fraction of sp³-hybridized carbons (Fsp3) is 0.452. The number of ether oxygens (including phenoxy) is 1. The van der Waals surface area contributed by atoms with Crippen molar-refractivity contribution in [3.8, 4) is 5.75 Å². The van der Waals surface area contributed by atoms with E-state index < -0.39 is 5.60 Å². The quantitative estimate of drug-likeness (QED) is 0.577. The first-order chi connectivity index (χ1) is 16.4. The number of carbonyl (C=O) groups is 1. The van der Waals surface area contributed by atoms with Gasteiger partial charge in [-0.25, -0.2) is 0 Å². The van der Waals surface area contributed by atoms with Crippen LogP contribution in [0.4, 0.5) is 0 Å². The summed E-state index contributed by atoms with van der Waals surface area (Å²) >= 11 is 0. The summed E-state index contributed by atoms with van der Waals surface area (Å²) in [7, 11) is 1.69. The lowest BCUT2D eigenvalue weighted by Gasteiger charge is -2.52. The maximum atomic E-state index is 13.0. The molecule has 5 atom stereocenters. The molecule has 4 aliphatic carbocycles. The standard InChI is InChI=1S/C31H34O3/c1-30-15-13-24-25(28(30)14-16-31(30,33)22-9-6-10-23(18-22)34-2)12-11-21-17-29(32)27(19-26(21)24)20-7-4-3-5-8-20/h3-10,17-18,25,27-28,33H,11-16,19H2,1-2H3/t25-,27?,28+,30+,31-/m1/s1. The molecule has 4 aliphatic rings. The van der Waals surface area contributed by atoms with Gasteiger partial charge in [-0.3, -0.25) is 4.79 Å². The minimum atomic E-state index is -0.826. The van der Waals surface area contributed by atoms with E-state index in [2.05, 4.69) is 25.1 Å². The highest BCUT2D eigenvalue weighted by molar-refractivity contribution is 5.98. The van der Waals surface area contributed by atoms with E-state index in [9.17, 15) is 9.90 Å². The molecule has 6 rings (SSSR count). The van der Waals surface area contributed by atoms with Crippen LogP contribution in [0.3, 0.4) is 0 Å². The second-order valence-corrected chi connectivity index (χ2v) is 11.0. The molecule has 1 unspecified atom stereocenters. The van der Waals surface area contributed by atoms with Crippen molar-refractivity contribution in [3.63, 3.8) is 0 Å². The second kappa shape index (κ2) is 7.95. The van der Waals surface area contributed by atoms with Crippen LogP contribution in [0.15, 0.2) is 77.4 Å². The number of allylic oxidation sites excluding steroid dienone is 4. The molecule has 2 aromatic carbocycles. The van der Waals surface area contributed by atoms with E-state index in [1.165, 1.54) is 11.1 Å². The van der Waals surface area contributed by atoms with Gasteiger partial charge in [0.2, 0.25) is 0 Å². The predicted molar refractivity (Wildman–Crippen MR) is 134 cm³/mol. The normalized spacial score (nSPS) is 34.7. The number of rotatable bonds is 3. The monoisotopic (exact) mass is 454 g/mol. The second-order valence-electron chi connectivity index (χ2n) is 11.0. The van der Waals surface area contributed by atoms with Crippen LogP contribution < -0.4 is 4.74 Å². The summed E-state index contributed by atoms with van der Waals surface area (Å²) < 4.78 is 5.48. The summed E-state index contributed by atoms with van der Waals surface area (Å²) in [5.41, 5.74) is 5.48. The number of methoxy groups -OCH3 is 1. The molecule has 0 aliphatic heterocycles. The van der Waals surface area contributed by atoms with E-state index in [1.807, 2.05) is 42.5 Å². The van der Waals surface area contributed by atoms with E-state index in [4.69, 9.17) is 4.74 Å². The lowest BCUT2D eigenvalue weighted by Crippen LogP contribution is -2.48. The fourth-order valence-electron chi connectivity index (χ4n) is 7.87. The van der Waals surface area contributed by atoms with Crippen molar-refractivity contribution in [1.82, 2.24) is 0 Å². The first-order valence-electron chi connectivity index (χ1n) is 12.8. The molecule has 0 aromatic heterocycles. The van der Waals surface area contributed by atoms with Crippen LogP contribution >= 0.6 is 0 Å². The number of hydrogen-bond donors (Lipinski definition) is 1. The molecule has 0 amide bonds. The average molecular weight is 455 g/mol. The molecule has 0 radical (unpaired) electrons. The van der Waals surface area contributed by atoms with E-state index in [-0.39, 0.29) is 17.1 Å². The first-order valence-corrected chi connectivity index (χ1v) is 12.8. The van der Waals surface area contributed by atoms with Crippen LogP contribution in [0.1, 0.15) is 68.9 Å². The topological polar surface area (TPSA) is 46.5 Å². The van der Waals surface area contributed by atoms with Crippen LogP contribution in [0.5, 0.6) is 5.75 Å². The molecule has 3 nitrogen and oxygen atoms in total. The van der Waals surface area contributed by atoms with E-state index in [0.29, 0.717) is 11.8 Å². The largest absolute Gasteiger partial charge is 0.497 e. The predicted octanol–water partition coefficient (Wildman–Crippen LogP) is 6.48. The van der Waals surface area contributed by atoms with Crippen molar-refractivity contribution >= 4 is 5.78 Å². The number of ketones is 1. The molecule has 1 N–H and O–H groups in total. The van der Waals surface area contributed by atoms with Gasteiger partial charge in [0, 0.05) is 5.41 Å². The van der Waals surface area contributed by atoms with Crippen molar-refractivity contribution in [2.24, 2.45) is 17.3 Å². The SMILES string of the molecule is COc1cccc([C@]2(O)CC[C@H]3[C@@H]4CCC5=CC(=O)C(c6ccccc6)CC5=C4CC[C@@]32C)c1. The van der Waals surface area contributed by atoms with Gasteiger partial charge in [-0.1, -0.05) is 55.0 Å². The van der Waals surface area contributed by atoms with Gasteiger partial charge in [-0.2, -0.15) is 0 Å². The third-order valence-electron chi connectivity index (χ3n) is 9.74. The summed E-state index contributed by atoms with van der Waals surface area (Å²) in [6, 6.07) is 18.3. The molecule has 2 saturated carbocycles. The van der Waals surface area contributed by atoms with Crippen molar-refractivity contribution in [1.29, 1.82) is 0 Å². The number of benzene rings is 2. The zero-order chi connectivity index (χ0) is 23.5. The highest BCUT2D eigenvalue weighted by Crippen LogP contribution is 2.66. The molecule has 0 saturated heterocycles. The molecule has 34 heavy (non-hydrogen) atoms. The van der Waals surface area contributed by atoms with Crippen LogP contribution in [0, 0.1) is 17.3 Å². The van der Waals surface area contributed by atoms with Crippen molar-refractivity contribution < 1.29 is 14.6 Å². The zero-order valence-electron chi connectivity index (χ0n) is 20.2. The van der Waals surface area contributed by atoms with Gasteiger partial charge in [-0.15, -0.1) is 0 Å². The number of fused-ring (bicyclic) bond motifs is 4. The fourth-order valence-corrected chi connectivity index (χ4v) is 7.87. The minimum Gasteiger partial charge on any atom is -0.497 e. The van der Waals surface area contributed by atoms with Crippen molar-refractivity contribution in [2.45, 2.75) is 63.4 Å². The van der Waals surface area contributed by atoms with E-state index >= 15 is 0 Å². The molecule has 0 spiro atoms. The molecule has 0 bridgehead atoms. The smallest absolute Gasteiger partial charge is 0.163 e. The van der Waals surface area contributed by atoms with Gasteiger partial charge in [0.25, 0.3) is 0 Å². The molecule has 176 valence electrons. The molecule has 2 aromatic rings. The maximum Gasteiger partial charge on any atom is 0.163 e. The summed E-state index contributed by atoms with van der Waals surface area (Å²) in [5, 5.41) is 12.2. The highest BCUT2D eigenvalue weighted by atomic mass is 16.5. The van der Waals surface area contributed by atoms with E-state index in [1.54, 1.807) is 12.7 Å². The van der Waals surface area contributed by atoms with Gasteiger partial charge in [0.05, 0.1) is 18.6 Å². The Morgan fingerprint density at radius 3 is 2.62 bits per heavy atom. The van der Waals surface area contributed by atoms with Gasteiger partial charge in [-0.05, 0) is 97.3 Å². The summed E-state index contributed by atoms with van der Waals surface area (Å²) in [4.78, 5) is 13.0.